The molecule has 4 nitrogen and oxygen atoms in total. The van der Waals surface area contributed by atoms with Crippen molar-refractivity contribution < 1.29 is 9.18 Å². The molecule has 0 unspecified atom stereocenters. The van der Waals surface area contributed by atoms with Gasteiger partial charge in [0.15, 0.2) is 6.29 Å². The summed E-state index contributed by atoms with van der Waals surface area (Å²) in [7, 11) is 1.98. The van der Waals surface area contributed by atoms with E-state index >= 15 is 0 Å². The Kier molecular flexibility index (Phi) is 3.71. The van der Waals surface area contributed by atoms with Gasteiger partial charge in [0.25, 0.3) is 0 Å². The smallest absolute Gasteiger partial charge is 0.170 e. The molecule has 1 aliphatic rings. The zero-order chi connectivity index (χ0) is 16.7. The van der Waals surface area contributed by atoms with Crippen LogP contribution in [-0.4, -0.2) is 20.5 Å². The first kappa shape index (κ1) is 15.1. The Labute approximate surface area is 139 Å². The Bertz CT molecular complexity index is 886. The summed E-state index contributed by atoms with van der Waals surface area (Å²) in [6.45, 7) is 0. The lowest BCUT2D eigenvalue weighted by molar-refractivity contribution is 0.111. The summed E-state index contributed by atoms with van der Waals surface area (Å²) in [5.41, 5.74) is 4.55. The topological polar surface area (TPSA) is 39.3 Å². The predicted molar refractivity (Wildman–Crippen MR) is 90.8 cm³/mol. The van der Waals surface area contributed by atoms with Crippen LogP contribution in [0.4, 0.5) is 4.39 Å². The van der Waals surface area contributed by atoms with Gasteiger partial charge in [-0.3, -0.25) is 4.79 Å². The quantitative estimate of drug-likeness (QED) is 0.672. The Hall–Kier alpha value is -2.43. The van der Waals surface area contributed by atoms with Crippen LogP contribution in [0.15, 0.2) is 30.3 Å². The van der Waals surface area contributed by atoms with E-state index in [1.54, 1.807) is 0 Å². The molecular weight excluding hydrogens is 305 g/mol. The first-order valence-corrected chi connectivity index (χ1v) is 8.48. The molecule has 0 amide bonds. The minimum atomic E-state index is -0.236. The van der Waals surface area contributed by atoms with E-state index in [9.17, 15) is 9.18 Å². The van der Waals surface area contributed by atoms with Gasteiger partial charge >= 0.3 is 0 Å². The lowest BCUT2D eigenvalue weighted by Crippen LogP contribution is -2.09. The lowest BCUT2D eigenvalue weighted by Gasteiger charge is -2.22. The number of imidazole rings is 1. The second kappa shape index (κ2) is 5.89. The van der Waals surface area contributed by atoms with Gasteiger partial charge < -0.3 is 4.57 Å². The number of aryl methyl sites for hydroxylation is 1. The predicted octanol–water partition coefficient (Wildman–Crippen LogP) is 4.34. The van der Waals surface area contributed by atoms with Crippen LogP contribution in [0.25, 0.3) is 16.9 Å². The average Bonchev–Trinajstić information content (AvgIpc) is 3.15. The van der Waals surface area contributed by atoms with Crippen molar-refractivity contribution in [2.24, 2.45) is 7.05 Å². The van der Waals surface area contributed by atoms with Gasteiger partial charge in [0.1, 0.15) is 17.2 Å². The van der Waals surface area contributed by atoms with Gasteiger partial charge in [-0.25, -0.2) is 8.91 Å². The minimum Gasteiger partial charge on any atom is -0.327 e. The van der Waals surface area contributed by atoms with Crippen LogP contribution in [0.3, 0.4) is 0 Å². The van der Waals surface area contributed by atoms with Crippen molar-refractivity contribution in [3.05, 3.63) is 47.5 Å². The monoisotopic (exact) mass is 325 g/mol. The molecule has 24 heavy (non-hydrogen) atoms. The molecule has 2 heterocycles. The molecule has 0 atom stereocenters. The third-order valence-corrected chi connectivity index (χ3v) is 5.09. The van der Waals surface area contributed by atoms with Crippen molar-refractivity contribution in [1.82, 2.24) is 14.2 Å². The van der Waals surface area contributed by atoms with E-state index in [4.69, 9.17) is 0 Å². The molecule has 1 saturated carbocycles. The van der Waals surface area contributed by atoms with E-state index in [1.807, 2.05) is 29.8 Å². The molecular formula is C19H20FN3O. The zero-order valence-corrected chi connectivity index (χ0v) is 13.7. The summed E-state index contributed by atoms with van der Waals surface area (Å²) < 4.78 is 17.3. The molecule has 4 rings (SSSR count). The minimum absolute atomic E-state index is 0.236. The number of carbonyl (C=O) groups is 1. The molecule has 0 N–H and O–H groups in total. The normalized spacial score (nSPS) is 15.9. The van der Waals surface area contributed by atoms with E-state index < -0.39 is 0 Å². The maximum atomic E-state index is 13.3. The summed E-state index contributed by atoms with van der Waals surface area (Å²) >= 11 is 0. The lowest BCUT2D eigenvalue weighted by atomic mass is 9.85. The van der Waals surface area contributed by atoms with Crippen molar-refractivity contribution in [2.45, 2.75) is 38.0 Å². The molecule has 0 aliphatic heterocycles. The number of aldehydes is 1. The van der Waals surface area contributed by atoms with Gasteiger partial charge in [0.2, 0.25) is 0 Å². The number of fused-ring (bicyclic) bond motifs is 1. The molecule has 0 saturated heterocycles. The summed E-state index contributed by atoms with van der Waals surface area (Å²) in [5.74, 6) is 0.182. The Morgan fingerprint density at radius 3 is 2.54 bits per heavy atom. The Balaban J connectivity index is 1.96. The van der Waals surface area contributed by atoms with Crippen molar-refractivity contribution in [3.63, 3.8) is 0 Å². The van der Waals surface area contributed by atoms with Crippen molar-refractivity contribution >= 4 is 11.9 Å². The van der Waals surface area contributed by atoms with Gasteiger partial charge in [-0.15, -0.1) is 0 Å². The van der Waals surface area contributed by atoms with Gasteiger partial charge in [-0.1, -0.05) is 19.3 Å². The fourth-order valence-corrected chi connectivity index (χ4v) is 3.94. The first-order valence-electron chi connectivity index (χ1n) is 8.48. The first-order chi connectivity index (χ1) is 11.7. The van der Waals surface area contributed by atoms with Gasteiger partial charge in [0.05, 0.1) is 11.4 Å². The van der Waals surface area contributed by atoms with Crippen LogP contribution in [0, 0.1) is 5.82 Å². The van der Waals surface area contributed by atoms with Crippen LogP contribution in [-0.2, 0) is 7.05 Å². The number of hydrogen-bond acceptors (Lipinski definition) is 2. The number of nitrogens with zero attached hydrogens (tertiary/aromatic N) is 3. The fourth-order valence-electron chi connectivity index (χ4n) is 3.94. The molecule has 124 valence electrons. The van der Waals surface area contributed by atoms with Gasteiger partial charge in [0, 0.05) is 24.6 Å². The van der Waals surface area contributed by atoms with Crippen molar-refractivity contribution in [1.29, 1.82) is 0 Å². The zero-order valence-electron chi connectivity index (χ0n) is 13.7. The second-order valence-corrected chi connectivity index (χ2v) is 6.59. The summed E-state index contributed by atoms with van der Waals surface area (Å²) in [6.07, 6.45) is 6.75. The molecule has 1 fully saturated rings. The third-order valence-electron chi connectivity index (χ3n) is 5.09. The third kappa shape index (κ3) is 2.35. The van der Waals surface area contributed by atoms with Gasteiger partial charge in [-0.2, -0.15) is 5.10 Å². The summed E-state index contributed by atoms with van der Waals surface area (Å²) in [5, 5.41) is 4.48. The highest BCUT2D eigenvalue weighted by molar-refractivity contribution is 5.76. The number of aromatic nitrogens is 3. The number of benzene rings is 1. The molecule has 1 aliphatic carbocycles. The van der Waals surface area contributed by atoms with E-state index in [0.29, 0.717) is 11.6 Å². The van der Waals surface area contributed by atoms with E-state index in [2.05, 4.69) is 9.67 Å². The number of hydrogen-bond donors (Lipinski definition) is 0. The molecule has 0 spiro atoms. The molecule has 0 bridgehead atoms. The molecule has 3 aromatic rings. The summed E-state index contributed by atoms with van der Waals surface area (Å²) in [6, 6.07) is 8.43. The SMILES string of the molecule is Cn1c(-c2ccc(F)cc2)c(C2CCCCC2)n2nc(C=O)cc12. The Morgan fingerprint density at radius 1 is 1.17 bits per heavy atom. The van der Waals surface area contributed by atoms with Crippen LogP contribution in [0.2, 0.25) is 0 Å². The molecule has 0 radical (unpaired) electrons. The molecule has 2 aromatic heterocycles. The number of carbonyl (C=O) groups excluding carboxylic acids is 1. The highest BCUT2D eigenvalue weighted by Crippen LogP contribution is 2.39. The van der Waals surface area contributed by atoms with Crippen LogP contribution in [0.5, 0.6) is 0 Å². The molecule has 5 heteroatoms. The number of rotatable bonds is 3. The van der Waals surface area contributed by atoms with Crippen LogP contribution < -0.4 is 0 Å². The number of halogens is 1. The standard InChI is InChI=1S/C19H20FN3O/c1-22-17-11-16(12-24)21-23(17)19(13-5-3-2-4-6-13)18(22)14-7-9-15(20)10-8-14/h7-13H,2-6H2,1H3. The van der Waals surface area contributed by atoms with Crippen molar-refractivity contribution in [3.8, 4) is 11.3 Å². The molecule has 1 aromatic carbocycles. The highest BCUT2D eigenvalue weighted by Gasteiger charge is 2.27. The fraction of sp³-hybridized carbons (Fsp3) is 0.368. The summed E-state index contributed by atoms with van der Waals surface area (Å²) in [4.78, 5) is 11.1. The van der Waals surface area contributed by atoms with E-state index in [1.165, 1.54) is 31.4 Å². The maximum absolute atomic E-state index is 13.3. The highest BCUT2D eigenvalue weighted by atomic mass is 19.1. The second-order valence-electron chi connectivity index (χ2n) is 6.59. The largest absolute Gasteiger partial charge is 0.327 e. The average molecular weight is 325 g/mol. The van der Waals surface area contributed by atoms with Crippen LogP contribution in [0.1, 0.15) is 54.2 Å². The van der Waals surface area contributed by atoms with E-state index in [0.717, 1.165) is 41.7 Å². The van der Waals surface area contributed by atoms with E-state index in [-0.39, 0.29) is 5.82 Å². The maximum Gasteiger partial charge on any atom is 0.170 e. The van der Waals surface area contributed by atoms with Gasteiger partial charge in [-0.05, 0) is 37.1 Å². The van der Waals surface area contributed by atoms with Crippen molar-refractivity contribution in [2.75, 3.05) is 0 Å². The van der Waals surface area contributed by atoms with Crippen LogP contribution >= 0.6 is 0 Å². The Morgan fingerprint density at radius 2 is 1.88 bits per heavy atom.